The molecular formula is C55H39NO2. The molecule has 4 unspecified atom stereocenters. The molecule has 0 fully saturated rings. The largest absolute Gasteiger partial charge is 0.450 e. The Kier molecular flexibility index (Phi) is 7.40. The third-order valence-electron chi connectivity index (χ3n) is 12.9. The van der Waals surface area contributed by atoms with Crippen molar-refractivity contribution < 1.29 is 9.47 Å². The van der Waals surface area contributed by atoms with E-state index in [1.165, 1.54) is 50.1 Å². The second kappa shape index (κ2) is 13.0. The van der Waals surface area contributed by atoms with Crippen LogP contribution in [0.25, 0.3) is 22.3 Å². The molecule has 0 saturated heterocycles. The molecule has 0 bridgehead atoms. The van der Waals surface area contributed by atoms with E-state index < -0.39 is 5.41 Å². The highest BCUT2D eigenvalue weighted by Crippen LogP contribution is 2.69. The lowest BCUT2D eigenvalue weighted by atomic mass is 9.65. The zero-order valence-corrected chi connectivity index (χ0v) is 31.8. The summed E-state index contributed by atoms with van der Waals surface area (Å²) in [5, 5.41) is 0. The van der Waals surface area contributed by atoms with Crippen LogP contribution < -0.4 is 14.4 Å². The van der Waals surface area contributed by atoms with Gasteiger partial charge in [0, 0.05) is 40.3 Å². The molecule has 0 radical (unpaired) electrons. The second-order valence-corrected chi connectivity index (χ2v) is 15.9. The Labute approximate surface area is 339 Å². The first kappa shape index (κ1) is 33.1. The highest BCUT2D eigenvalue weighted by atomic mass is 16.6. The van der Waals surface area contributed by atoms with E-state index in [2.05, 4.69) is 187 Å². The van der Waals surface area contributed by atoms with Gasteiger partial charge in [0.2, 0.25) is 0 Å². The van der Waals surface area contributed by atoms with Gasteiger partial charge >= 0.3 is 0 Å². The molecular weight excluding hydrogens is 707 g/mol. The standard InChI is InChI=1S/C55H39NO2/c1-3-15-36(16-4-1)37-27-29-38(30-28-37)41-19-9-12-24-49(41)56(39-17-5-2-6-18-39)40-31-33-48-45(35-40)43-21-8-11-23-47(43)55(48)46-22-10-7-20-42(46)44-32-34-52-54(53(44)55)58-51-26-14-13-25-50(51)57-52/h1-15,17-36,45,48H,16H2. The van der Waals surface area contributed by atoms with Gasteiger partial charge in [-0.05, 0) is 87.8 Å². The maximum absolute atomic E-state index is 6.93. The highest BCUT2D eigenvalue weighted by molar-refractivity contribution is 5.90. The van der Waals surface area contributed by atoms with Crippen molar-refractivity contribution in [1.82, 2.24) is 0 Å². The minimum Gasteiger partial charge on any atom is -0.450 e. The summed E-state index contributed by atoms with van der Waals surface area (Å²) in [4.78, 5) is 2.45. The Morgan fingerprint density at radius 1 is 0.552 bits per heavy atom. The van der Waals surface area contributed by atoms with Crippen LogP contribution in [0.15, 0.2) is 212 Å². The smallest absolute Gasteiger partial charge is 0.175 e. The van der Waals surface area contributed by atoms with Gasteiger partial charge in [-0.3, -0.25) is 0 Å². The van der Waals surface area contributed by atoms with Crippen LogP contribution in [-0.4, -0.2) is 0 Å². The van der Waals surface area contributed by atoms with Crippen molar-refractivity contribution >= 4 is 11.4 Å². The average Bonchev–Trinajstić information content (AvgIpc) is 3.76. The van der Waals surface area contributed by atoms with Gasteiger partial charge in [-0.1, -0.05) is 164 Å². The summed E-state index contributed by atoms with van der Waals surface area (Å²) in [6.45, 7) is 0. The SMILES string of the molecule is C1=CCC(c2ccc(-c3ccccc3N(C3=CC4c5ccccc5C5(c6ccccc6-c6ccc7c(c65)Oc5ccccc5O7)C4C=C3)c3ccccc3)cc2)C=C1. The van der Waals surface area contributed by atoms with Gasteiger partial charge in [-0.15, -0.1) is 0 Å². The molecule has 0 aromatic heterocycles. The molecule has 0 amide bonds. The maximum atomic E-state index is 6.93. The monoisotopic (exact) mass is 745 g/mol. The van der Waals surface area contributed by atoms with Gasteiger partial charge in [0.1, 0.15) is 0 Å². The maximum Gasteiger partial charge on any atom is 0.175 e. The number of ether oxygens (including phenoxy) is 2. The van der Waals surface area contributed by atoms with Crippen molar-refractivity contribution in [3.05, 3.63) is 240 Å². The summed E-state index contributed by atoms with van der Waals surface area (Å²) in [7, 11) is 0. The number of fused-ring (bicyclic) bond motifs is 13. The van der Waals surface area contributed by atoms with Crippen LogP contribution in [-0.2, 0) is 5.41 Å². The lowest BCUT2D eigenvalue weighted by Crippen LogP contribution is -2.34. The van der Waals surface area contributed by atoms with Gasteiger partial charge < -0.3 is 14.4 Å². The average molecular weight is 746 g/mol. The van der Waals surface area contributed by atoms with Crippen molar-refractivity contribution in [2.45, 2.75) is 23.7 Å². The number of anilines is 2. The Bertz CT molecular complexity index is 2900. The van der Waals surface area contributed by atoms with E-state index in [0.29, 0.717) is 5.92 Å². The highest BCUT2D eigenvalue weighted by Gasteiger charge is 2.59. The van der Waals surface area contributed by atoms with E-state index in [0.717, 1.165) is 46.5 Å². The van der Waals surface area contributed by atoms with Crippen LogP contribution >= 0.6 is 0 Å². The van der Waals surface area contributed by atoms with E-state index in [1.54, 1.807) is 0 Å². The summed E-state index contributed by atoms with van der Waals surface area (Å²) in [5.41, 5.74) is 14.3. The van der Waals surface area contributed by atoms with Crippen molar-refractivity contribution in [3.63, 3.8) is 0 Å². The Hall–Kier alpha value is -7.10. The second-order valence-electron chi connectivity index (χ2n) is 15.9. The Morgan fingerprint density at radius 3 is 2.10 bits per heavy atom. The third-order valence-corrected chi connectivity index (χ3v) is 12.9. The molecule has 1 heterocycles. The number of hydrogen-bond acceptors (Lipinski definition) is 3. The first-order valence-corrected chi connectivity index (χ1v) is 20.4. The van der Waals surface area contributed by atoms with Gasteiger partial charge in [0.05, 0.1) is 11.1 Å². The predicted molar refractivity (Wildman–Crippen MR) is 234 cm³/mol. The van der Waals surface area contributed by atoms with Crippen LogP contribution in [0.1, 0.15) is 46.1 Å². The first-order chi connectivity index (χ1) is 28.8. The van der Waals surface area contributed by atoms with E-state index >= 15 is 0 Å². The van der Waals surface area contributed by atoms with Gasteiger partial charge in [-0.25, -0.2) is 0 Å². The minimum atomic E-state index is -0.493. The van der Waals surface area contributed by atoms with Crippen LogP contribution in [0.2, 0.25) is 0 Å². The van der Waals surface area contributed by atoms with E-state index in [1.807, 2.05) is 24.3 Å². The molecule has 1 spiro atoms. The van der Waals surface area contributed by atoms with Gasteiger partial charge in [-0.2, -0.15) is 0 Å². The van der Waals surface area contributed by atoms with Crippen LogP contribution in [0.4, 0.5) is 11.4 Å². The molecule has 12 rings (SSSR count). The normalized spacial score (nSPS) is 21.1. The van der Waals surface area contributed by atoms with Crippen molar-refractivity contribution in [3.8, 4) is 45.3 Å². The molecule has 4 atom stereocenters. The van der Waals surface area contributed by atoms with Gasteiger partial charge in [0.15, 0.2) is 23.0 Å². The minimum absolute atomic E-state index is 0.0902. The fraction of sp³-hybridized carbons (Fsp3) is 0.0909. The molecule has 276 valence electrons. The lowest BCUT2D eigenvalue weighted by molar-refractivity contribution is 0.347. The van der Waals surface area contributed by atoms with Gasteiger partial charge in [0.25, 0.3) is 0 Å². The van der Waals surface area contributed by atoms with Crippen molar-refractivity contribution in [1.29, 1.82) is 0 Å². The molecule has 7 aromatic rings. The predicted octanol–water partition coefficient (Wildman–Crippen LogP) is 14.2. The van der Waals surface area contributed by atoms with E-state index in [-0.39, 0.29) is 11.8 Å². The molecule has 3 nitrogen and oxygen atoms in total. The summed E-state index contributed by atoms with van der Waals surface area (Å²) in [6.07, 6.45) is 17.3. The lowest BCUT2D eigenvalue weighted by Gasteiger charge is -2.39. The van der Waals surface area contributed by atoms with Crippen molar-refractivity contribution in [2.24, 2.45) is 5.92 Å². The number of para-hydroxylation sites is 4. The van der Waals surface area contributed by atoms with E-state index in [4.69, 9.17) is 9.47 Å². The number of allylic oxidation sites excluding steroid dienone is 7. The molecule has 0 N–H and O–H groups in total. The fourth-order valence-corrected chi connectivity index (χ4v) is 10.5. The molecule has 0 saturated carbocycles. The summed E-state index contributed by atoms with van der Waals surface area (Å²) in [6, 6.07) is 59.2. The summed E-state index contributed by atoms with van der Waals surface area (Å²) < 4.78 is 13.5. The van der Waals surface area contributed by atoms with Crippen LogP contribution in [0.5, 0.6) is 23.0 Å². The Morgan fingerprint density at radius 2 is 1.28 bits per heavy atom. The molecule has 3 heteroatoms. The number of nitrogens with zero attached hydrogens (tertiary/aromatic N) is 1. The summed E-state index contributed by atoms with van der Waals surface area (Å²) in [5.74, 6) is 3.66. The van der Waals surface area contributed by atoms with Crippen LogP contribution in [0, 0.1) is 5.92 Å². The van der Waals surface area contributed by atoms with E-state index in [9.17, 15) is 0 Å². The molecule has 7 aromatic carbocycles. The topological polar surface area (TPSA) is 21.7 Å². The Balaban J connectivity index is 1.02. The molecule has 4 aliphatic carbocycles. The molecule has 58 heavy (non-hydrogen) atoms. The molecule has 1 aliphatic heterocycles. The first-order valence-electron chi connectivity index (χ1n) is 20.4. The zero-order chi connectivity index (χ0) is 38.2. The molecule has 5 aliphatic rings. The third kappa shape index (κ3) is 4.80. The number of rotatable bonds is 5. The number of hydrogen-bond donors (Lipinski definition) is 0. The number of benzene rings is 7. The van der Waals surface area contributed by atoms with Crippen LogP contribution in [0.3, 0.4) is 0 Å². The fourth-order valence-electron chi connectivity index (χ4n) is 10.5. The zero-order valence-electron chi connectivity index (χ0n) is 31.8. The summed E-state index contributed by atoms with van der Waals surface area (Å²) >= 11 is 0. The van der Waals surface area contributed by atoms with Crippen molar-refractivity contribution in [2.75, 3.05) is 4.90 Å². The quantitative estimate of drug-likeness (QED) is 0.175.